The van der Waals surface area contributed by atoms with E-state index in [2.05, 4.69) is 10.0 Å². The molecule has 172 valence electrons. The number of hydrogen-bond donors (Lipinski definition) is 2. The van der Waals surface area contributed by atoms with Crippen molar-refractivity contribution in [2.24, 2.45) is 11.8 Å². The molecule has 1 aliphatic rings. The molecule has 7 heteroatoms. The van der Waals surface area contributed by atoms with Gasteiger partial charge in [0.05, 0.1) is 6.61 Å². The SMILES string of the molecule is CNC(=O)C(CC=O)C/C=C/CCSNC(C)c1ccc(F)c(OCC2CCCC2)c1. The number of hydrogen-bond acceptors (Lipinski definition) is 5. The summed E-state index contributed by atoms with van der Waals surface area (Å²) >= 11 is 1.61. The predicted molar refractivity (Wildman–Crippen MR) is 124 cm³/mol. The van der Waals surface area contributed by atoms with Crippen molar-refractivity contribution >= 4 is 24.1 Å². The zero-order valence-corrected chi connectivity index (χ0v) is 19.4. The summed E-state index contributed by atoms with van der Waals surface area (Å²) in [5.74, 6) is 1.04. The van der Waals surface area contributed by atoms with Crippen molar-refractivity contribution in [3.63, 3.8) is 0 Å². The van der Waals surface area contributed by atoms with Gasteiger partial charge in [-0.05, 0) is 56.2 Å². The zero-order valence-electron chi connectivity index (χ0n) is 18.6. The number of carbonyl (C=O) groups is 2. The van der Waals surface area contributed by atoms with Crippen LogP contribution in [0.1, 0.15) is 63.5 Å². The first-order valence-corrected chi connectivity index (χ1v) is 12.1. The molecule has 0 heterocycles. The molecule has 2 N–H and O–H groups in total. The van der Waals surface area contributed by atoms with Crippen LogP contribution in [0.5, 0.6) is 5.75 Å². The van der Waals surface area contributed by atoms with Gasteiger partial charge in [0, 0.05) is 31.2 Å². The Morgan fingerprint density at radius 3 is 2.77 bits per heavy atom. The van der Waals surface area contributed by atoms with Crippen LogP contribution in [-0.2, 0) is 9.59 Å². The van der Waals surface area contributed by atoms with E-state index < -0.39 is 0 Å². The van der Waals surface area contributed by atoms with Crippen LogP contribution >= 0.6 is 11.9 Å². The number of amides is 1. The number of halogens is 1. The molecule has 0 aliphatic heterocycles. The predicted octanol–water partition coefficient (Wildman–Crippen LogP) is 4.98. The minimum Gasteiger partial charge on any atom is -0.490 e. The summed E-state index contributed by atoms with van der Waals surface area (Å²) in [7, 11) is 1.58. The molecule has 5 nitrogen and oxygen atoms in total. The van der Waals surface area contributed by atoms with E-state index in [1.54, 1.807) is 31.1 Å². The molecular weight excluding hydrogens is 415 g/mol. The molecule has 1 saturated carbocycles. The van der Waals surface area contributed by atoms with E-state index >= 15 is 0 Å². The van der Waals surface area contributed by atoms with Gasteiger partial charge >= 0.3 is 0 Å². The van der Waals surface area contributed by atoms with E-state index in [0.29, 0.717) is 24.7 Å². The molecule has 2 unspecified atom stereocenters. The van der Waals surface area contributed by atoms with Crippen LogP contribution in [0, 0.1) is 17.7 Å². The number of allylic oxidation sites excluding steroid dienone is 2. The molecule has 2 rings (SSSR count). The van der Waals surface area contributed by atoms with Crippen LogP contribution in [0.15, 0.2) is 30.4 Å². The fraction of sp³-hybridized carbons (Fsp3) is 0.583. The smallest absolute Gasteiger partial charge is 0.223 e. The second kappa shape index (κ2) is 14.2. The van der Waals surface area contributed by atoms with E-state index in [0.717, 1.165) is 24.0 Å². The van der Waals surface area contributed by atoms with Crippen molar-refractivity contribution in [3.05, 3.63) is 41.7 Å². The number of carbonyl (C=O) groups excluding carboxylic acids is 2. The normalized spacial score (nSPS) is 16.4. The van der Waals surface area contributed by atoms with E-state index in [1.165, 1.54) is 31.7 Å². The molecule has 0 bridgehead atoms. The lowest BCUT2D eigenvalue weighted by atomic mass is 10.0. The highest BCUT2D eigenvalue weighted by atomic mass is 32.2. The minimum atomic E-state index is -0.309. The molecule has 0 radical (unpaired) electrons. The van der Waals surface area contributed by atoms with Gasteiger partial charge in [-0.25, -0.2) is 4.39 Å². The highest BCUT2D eigenvalue weighted by Crippen LogP contribution is 2.28. The van der Waals surface area contributed by atoms with Crippen LogP contribution in [0.3, 0.4) is 0 Å². The van der Waals surface area contributed by atoms with Crippen LogP contribution < -0.4 is 14.8 Å². The van der Waals surface area contributed by atoms with Gasteiger partial charge in [-0.1, -0.05) is 43.0 Å². The second-order valence-corrected chi connectivity index (χ2v) is 8.98. The molecule has 0 spiro atoms. The molecular formula is C24H35FN2O3S. The number of nitrogens with one attached hydrogen (secondary N) is 2. The maximum atomic E-state index is 14.1. The Morgan fingerprint density at radius 1 is 1.29 bits per heavy atom. The summed E-state index contributed by atoms with van der Waals surface area (Å²) in [6.07, 6.45) is 11.3. The fourth-order valence-electron chi connectivity index (χ4n) is 3.67. The van der Waals surface area contributed by atoms with Crippen molar-refractivity contribution in [1.29, 1.82) is 0 Å². The first kappa shape index (κ1) is 25.4. The summed E-state index contributed by atoms with van der Waals surface area (Å²) in [5.41, 5.74) is 0.994. The van der Waals surface area contributed by atoms with E-state index in [1.807, 2.05) is 19.1 Å². The van der Waals surface area contributed by atoms with E-state index in [-0.39, 0.29) is 30.1 Å². The summed E-state index contributed by atoms with van der Waals surface area (Å²) in [5, 5.41) is 2.59. The van der Waals surface area contributed by atoms with Gasteiger partial charge in [0.15, 0.2) is 11.6 Å². The molecule has 2 atom stereocenters. The third-order valence-electron chi connectivity index (χ3n) is 5.64. The molecule has 1 aromatic rings. The highest BCUT2D eigenvalue weighted by Gasteiger charge is 2.17. The first-order chi connectivity index (χ1) is 15.0. The Kier molecular flexibility index (Phi) is 11.7. The van der Waals surface area contributed by atoms with Crippen molar-refractivity contribution in [2.75, 3.05) is 19.4 Å². The van der Waals surface area contributed by atoms with Crippen LogP contribution in [0.4, 0.5) is 4.39 Å². The number of aldehydes is 1. The molecule has 1 amide bonds. The summed E-state index contributed by atoms with van der Waals surface area (Å²) in [4.78, 5) is 22.4. The van der Waals surface area contributed by atoms with Crippen LogP contribution in [-0.4, -0.2) is 31.6 Å². The fourth-order valence-corrected chi connectivity index (χ4v) is 4.43. The Hall–Kier alpha value is -1.86. The highest BCUT2D eigenvalue weighted by molar-refractivity contribution is 7.97. The average Bonchev–Trinajstić information content (AvgIpc) is 3.30. The van der Waals surface area contributed by atoms with Gasteiger partial charge in [0.25, 0.3) is 0 Å². The monoisotopic (exact) mass is 450 g/mol. The first-order valence-electron chi connectivity index (χ1n) is 11.1. The van der Waals surface area contributed by atoms with Crippen molar-refractivity contribution in [2.45, 2.75) is 57.9 Å². The molecule has 0 aromatic heterocycles. The maximum Gasteiger partial charge on any atom is 0.223 e. The van der Waals surface area contributed by atoms with Crippen LogP contribution in [0.2, 0.25) is 0 Å². The Labute approximate surface area is 189 Å². The van der Waals surface area contributed by atoms with E-state index in [9.17, 15) is 14.0 Å². The number of benzene rings is 1. The lowest BCUT2D eigenvalue weighted by Gasteiger charge is -2.16. The van der Waals surface area contributed by atoms with Crippen molar-refractivity contribution < 1.29 is 18.7 Å². The summed E-state index contributed by atoms with van der Waals surface area (Å²) < 4.78 is 23.3. The van der Waals surface area contributed by atoms with E-state index in [4.69, 9.17) is 4.74 Å². The average molecular weight is 451 g/mol. The summed E-state index contributed by atoms with van der Waals surface area (Å²) in [6, 6.07) is 5.14. The van der Waals surface area contributed by atoms with Crippen molar-refractivity contribution in [1.82, 2.24) is 10.0 Å². The quantitative estimate of drug-likeness (QED) is 0.181. The molecule has 1 aromatic carbocycles. The molecule has 1 fully saturated rings. The van der Waals surface area contributed by atoms with Gasteiger partial charge in [0.1, 0.15) is 6.29 Å². The standard InChI is InChI=1S/C24H35FN2O3S/c1-18(27-31-15-7-3-4-10-20(13-14-28)24(29)26-2)21-11-12-22(25)23(16-21)30-17-19-8-5-6-9-19/h3-4,11-12,14,16,18-20,27H,5-10,13,15,17H2,1-2H3,(H,26,29)/b4-3+. The lowest BCUT2D eigenvalue weighted by molar-refractivity contribution is -0.126. The van der Waals surface area contributed by atoms with Gasteiger partial charge in [-0.2, -0.15) is 0 Å². The van der Waals surface area contributed by atoms with Gasteiger partial charge < -0.3 is 14.8 Å². The molecule has 31 heavy (non-hydrogen) atoms. The number of rotatable bonds is 14. The maximum absolute atomic E-state index is 14.1. The van der Waals surface area contributed by atoms with Gasteiger partial charge in [0.2, 0.25) is 5.91 Å². The Bertz CT molecular complexity index is 723. The Balaban J connectivity index is 1.70. The third kappa shape index (κ3) is 9.03. The van der Waals surface area contributed by atoms with Gasteiger partial charge in [-0.3, -0.25) is 9.52 Å². The largest absolute Gasteiger partial charge is 0.490 e. The Morgan fingerprint density at radius 2 is 2.06 bits per heavy atom. The third-order valence-corrected chi connectivity index (χ3v) is 6.60. The minimum absolute atomic E-state index is 0.0635. The zero-order chi connectivity index (χ0) is 22.5. The molecule has 0 saturated heterocycles. The summed E-state index contributed by atoms with van der Waals surface area (Å²) in [6.45, 7) is 2.64. The lowest BCUT2D eigenvalue weighted by Crippen LogP contribution is -2.27. The van der Waals surface area contributed by atoms with Crippen LogP contribution in [0.25, 0.3) is 0 Å². The second-order valence-electron chi connectivity index (χ2n) is 8.05. The van der Waals surface area contributed by atoms with Gasteiger partial charge in [-0.15, -0.1) is 0 Å². The van der Waals surface area contributed by atoms with Crippen molar-refractivity contribution in [3.8, 4) is 5.75 Å². The topological polar surface area (TPSA) is 67.4 Å². The number of ether oxygens (including phenoxy) is 1. The molecule has 1 aliphatic carbocycles.